The van der Waals surface area contributed by atoms with Gasteiger partial charge in [-0.25, -0.2) is 18.8 Å². The summed E-state index contributed by atoms with van der Waals surface area (Å²) in [5.74, 6) is -0.371. The van der Waals surface area contributed by atoms with E-state index in [4.69, 9.17) is 9.47 Å². The van der Waals surface area contributed by atoms with Gasteiger partial charge in [0.05, 0.1) is 24.5 Å². The average Bonchev–Trinajstić information content (AvgIpc) is 2.83. The van der Waals surface area contributed by atoms with Crippen LogP contribution in [0.25, 0.3) is 0 Å². The van der Waals surface area contributed by atoms with Gasteiger partial charge in [0.25, 0.3) is 0 Å². The molecule has 1 fully saturated rings. The second-order valence-corrected chi connectivity index (χ2v) is 10.9. The number of aromatic nitrogens is 1. The summed E-state index contributed by atoms with van der Waals surface area (Å²) in [5.41, 5.74) is 0.497. The number of nitriles is 1. The predicted molar refractivity (Wildman–Crippen MR) is 144 cm³/mol. The van der Waals surface area contributed by atoms with Crippen molar-refractivity contribution in [3.63, 3.8) is 0 Å². The number of anilines is 3. The minimum absolute atomic E-state index is 0.0382. The standard InChI is InChI=1S/C26H33N5O6S/c1-26(2,3)37-25(33)30-20-11-6-5-10-19(20)29-21-13-17(14-27)22(24(32)36-4)23(31-21)28-18-9-7-8-16(12-18)15-38(34)35/h7-9,12-13,19-20H,5-6,10-11,15H2,1-4H3,(H,30,33)(H,34,35)(H2,28,29,31)/t19-,20+/m1/s1. The molecule has 38 heavy (non-hydrogen) atoms. The van der Waals surface area contributed by atoms with Crippen LogP contribution < -0.4 is 16.0 Å². The Hall–Kier alpha value is -3.69. The molecular weight excluding hydrogens is 510 g/mol. The molecule has 1 amide bonds. The molecule has 1 aliphatic rings. The van der Waals surface area contributed by atoms with Crippen LogP contribution in [-0.4, -0.2) is 50.6 Å². The summed E-state index contributed by atoms with van der Waals surface area (Å²) in [5, 5.41) is 19.1. The number of pyridine rings is 1. The number of carbonyl (C=O) groups is 2. The lowest BCUT2D eigenvalue weighted by molar-refractivity contribution is 0.0487. The van der Waals surface area contributed by atoms with Gasteiger partial charge >= 0.3 is 12.1 Å². The Kier molecular flexibility index (Phi) is 9.66. The Balaban J connectivity index is 1.92. The molecule has 1 saturated carbocycles. The van der Waals surface area contributed by atoms with Crippen molar-refractivity contribution in [2.45, 2.75) is 69.9 Å². The van der Waals surface area contributed by atoms with Crippen LogP contribution in [0.3, 0.4) is 0 Å². The Morgan fingerprint density at radius 2 is 1.92 bits per heavy atom. The molecular formula is C26H33N5O6S. The van der Waals surface area contributed by atoms with Crippen LogP contribution >= 0.6 is 0 Å². The number of carbonyl (C=O) groups excluding carboxylic acids is 2. The summed E-state index contributed by atoms with van der Waals surface area (Å²) in [4.78, 5) is 29.6. The Morgan fingerprint density at radius 3 is 2.55 bits per heavy atom. The topological polar surface area (TPSA) is 163 Å². The number of rotatable bonds is 8. The largest absolute Gasteiger partial charge is 0.465 e. The molecule has 3 rings (SSSR count). The van der Waals surface area contributed by atoms with Crippen LogP contribution in [0.4, 0.5) is 22.1 Å². The maximum atomic E-state index is 12.6. The molecule has 0 radical (unpaired) electrons. The minimum Gasteiger partial charge on any atom is -0.465 e. The van der Waals surface area contributed by atoms with Crippen molar-refractivity contribution in [3.8, 4) is 6.07 Å². The maximum Gasteiger partial charge on any atom is 0.407 e. The molecule has 12 heteroatoms. The molecule has 1 aromatic carbocycles. The van der Waals surface area contributed by atoms with Gasteiger partial charge in [0.15, 0.2) is 11.1 Å². The number of methoxy groups -OCH3 is 1. The molecule has 2 aromatic rings. The third-order valence-corrected chi connectivity index (χ3v) is 6.39. The molecule has 1 aliphatic carbocycles. The van der Waals surface area contributed by atoms with Crippen molar-refractivity contribution < 1.29 is 27.8 Å². The van der Waals surface area contributed by atoms with Crippen molar-refractivity contribution in [1.82, 2.24) is 10.3 Å². The molecule has 1 heterocycles. The van der Waals surface area contributed by atoms with E-state index >= 15 is 0 Å². The van der Waals surface area contributed by atoms with Crippen LogP contribution in [0.1, 0.15) is 67.9 Å². The number of nitrogens with one attached hydrogen (secondary N) is 3. The number of hydrogen-bond donors (Lipinski definition) is 4. The number of ether oxygens (including phenoxy) is 2. The fraction of sp³-hybridized carbons (Fsp3) is 0.462. The lowest BCUT2D eigenvalue weighted by Crippen LogP contribution is -2.49. The second-order valence-electron chi connectivity index (χ2n) is 9.96. The number of nitrogens with zero attached hydrogens (tertiary/aromatic N) is 2. The molecule has 3 atom stereocenters. The van der Waals surface area contributed by atoms with E-state index in [9.17, 15) is 23.6 Å². The summed E-state index contributed by atoms with van der Waals surface area (Å²) in [7, 11) is 1.21. The van der Waals surface area contributed by atoms with Gasteiger partial charge in [-0.2, -0.15) is 5.26 Å². The van der Waals surface area contributed by atoms with E-state index in [-0.39, 0.29) is 34.8 Å². The lowest BCUT2D eigenvalue weighted by atomic mass is 9.90. The summed E-state index contributed by atoms with van der Waals surface area (Å²) < 4.78 is 30.8. The molecule has 0 saturated heterocycles. The van der Waals surface area contributed by atoms with E-state index in [2.05, 4.69) is 20.9 Å². The third kappa shape index (κ3) is 8.16. The zero-order valence-corrected chi connectivity index (χ0v) is 22.7. The molecule has 4 N–H and O–H groups in total. The Bertz CT molecular complexity index is 1240. The van der Waals surface area contributed by atoms with Crippen LogP contribution in [-0.2, 0) is 26.3 Å². The zero-order valence-electron chi connectivity index (χ0n) is 21.9. The highest BCUT2D eigenvalue weighted by Crippen LogP contribution is 2.29. The van der Waals surface area contributed by atoms with Crippen molar-refractivity contribution in [3.05, 3.63) is 47.0 Å². The lowest BCUT2D eigenvalue weighted by Gasteiger charge is -2.34. The van der Waals surface area contributed by atoms with Gasteiger partial charge in [0.2, 0.25) is 0 Å². The zero-order chi connectivity index (χ0) is 27.9. The molecule has 0 aliphatic heterocycles. The van der Waals surface area contributed by atoms with Gasteiger partial charge in [-0.1, -0.05) is 25.0 Å². The van der Waals surface area contributed by atoms with E-state index in [1.807, 2.05) is 6.07 Å². The normalized spacial score (nSPS) is 18.0. The molecule has 1 aromatic heterocycles. The maximum absolute atomic E-state index is 12.6. The number of benzene rings is 1. The van der Waals surface area contributed by atoms with E-state index in [1.54, 1.807) is 45.0 Å². The first-order chi connectivity index (χ1) is 18.0. The number of hydrogen-bond acceptors (Lipinski definition) is 9. The summed E-state index contributed by atoms with van der Waals surface area (Å²) in [6.07, 6.45) is 2.88. The molecule has 204 valence electrons. The van der Waals surface area contributed by atoms with E-state index < -0.39 is 28.7 Å². The van der Waals surface area contributed by atoms with Crippen LogP contribution in [0.15, 0.2) is 30.3 Å². The summed E-state index contributed by atoms with van der Waals surface area (Å²) in [6.45, 7) is 5.40. The van der Waals surface area contributed by atoms with Crippen LogP contribution in [0.2, 0.25) is 0 Å². The van der Waals surface area contributed by atoms with Gasteiger partial charge in [-0.05, 0) is 57.4 Å². The summed E-state index contributed by atoms with van der Waals surface area (Å²) in [6, 6.07) is 9.87. The number of esters is 1. The molecule has 0 spiro atoms. The van der Waals surface area contributed by atoms with E-state index in [1.165, 1.54) is 13.2 Å². The fourth-order valence-corrected chi connectivity index (χ4v) is 4.71. The third-order valence-electron chi connectivity index (χ3n) is 5.81. The smallest absolute Gasteiger partial charge is 0.407 e. The van der Waals surface area contributed by atoms with Gasteiger partial charge in [-0.15, -0.1) is 0 Å². The number of amides is 1. The van der Waals surface area contributed by atoms with Crippen molar-refractivity contribution in [2.24, 2.45) is 0 Å². The molecule has 11 nitrogen and oxygen atoms in total. The fourth-order valence-electron chi connectivity index (χ4n) is 4.25. The van der Waals surface area contributed by atoms with Gasteiger partial charge in [-0.3, -0.25) is 0 Å². The highest BCUT2D eigenvalue weighted by Gasteiger charge is 2.30. The first-order valence-electron chi connectivity index (χ1n) is 12.2. The van der Waals surface area contributed by atoms with Crippen molar-refractivity contribution in [2.75, 3.05) is 17.7 Å². The first-order valence-corrected chi connectivity index (χ1v) is 13.5. The van der Waals surface area contributed by atoms with Crippen LogP contribution in [0.5, 0.6) is 0 Å². The molecule has 0 bridgehead atoms. The van der Waals surface area contributed by atoms with E-state index in [0.717, 1.165) is 25.7 Å². The monoisotopic (exact) mass is 543 g/mol. The summed E-state index contributed by atoms with van der Waals surface area (Å²) >= 11 is -2.02. The second kappa shape index (κ2) is 12.7. The quantitative estimate of drug-likeness (QED) is 0.276. The Labute approximate surface area is 224 Å². The van der Waals surface area contributed by atoms with Crippen molar-refractivity contribution in [1.29, 1.82) is 5.26 Å². The first kappa shape index (κ1) is 28.9. The van der Waals surface area contributed by atoms with Crippen molar-refractivity contribution >= 4 is 40.5 Å². The van der Waals surface area contributed by atoms with Gasteiger partial charge < -0.3 is 30.0 Å². The predicted octanol–water partition coefficient (Wildman–Crippen LogP) is 4.45. The van der Waals surface area contributed by atoms with Gasteiger partial charge in [0.1, 0.15) is 28.9 Å². The van der Waals surface area contributed by atoms with Crippen LogP contribution in [0, 0.1) is 11.3 Å². The highest BCUT2D eigenvalue weighted by atomic mass is 32.2. The minimum atomic E-state index is -2.02. The average molecular weight is 544 g/mol. The Morgan fingerprint density at radius 1 is 1.21 bits per heavy atom. The van der Waals surface area contributed by atoms with Gasteiger partial charge in [0, 0.05) is 11.7 Å². The molecule has 1 unspecified atom stereocenters. The SMILES string of the molecule is COC(=O)c1c(C#N)cc(N[C@@H]2CCCC[C@@H]2NC(=O)OC(C)(C)C)nc1Nc1cccc(CS(=O)O)c1. The van der Waals surface area contributed by atoms with E-state index in [0.29, 0.717) is 17.1 Å². The highest BCUT2D eigenvalue weighted by molar-refractivity contribution is 7.78. The number of alkyl carbamates (subject to hydrolysis) is 1.